The van der Waals surface area contributed by atoms with Crippen molar-refractivity contribution in [1.29, 1.82) is 0 Å². The van der Waals surface area contributed by atoms with E-state index in [1.807, 2.05) is 6.92 Å². The van der Waals surface area contributed by atoms with Crippen LogP contribution in [0.15, 0.2) is 36.5 Å². The van der Waals surface area contributed by atoms with Gasteiger partial charge in [0, 0.05) is 23.0 Å². The molecular formula is C12H10ClN3O2. The van der Waals surface area contributed by atoms with Gasteiger partial charge in [-0.1, -0.05) is 11.6 Å². The molecule has 0 saturated heterocycles. The fourth-order valence-electron chi connectivity index (χ4n) is 1.51. The third-order valence-electron chi connectivity index (χ3n) is 2.41. The predicted octanol–water partition coefficient (Wildman–Crippen LogP) is 3.70. The standard InChI is InChI=1S/C12H10ClN3O2/c1-8-6-9(13)2-3-11(8)15-12-7-10(16(17)18)4-5-14-12/h2-7H,1H3,(H,14,15). The molecule has 18 heavy (non-hydrogen) atoms. The molecule has 0 amide bonds. The maximum Gasteiger partial charge on any atom is 0.274 e. The second-order valence-corrected chi connectivity index (χ2v) is 4.18. The zero-order valence-corrected chi connectivity index (χ0v) is 10.3. The highest BCUT2D eigenvalue weighted by molar-refractivity contribution is 6.30. The first-order valence-corrected chi connectivity index (χ1v) is 5.57. The summed E-state index contributed by atoms with van der Waals surface area (Å²) >= 11 is 5.85. The lowest BCUT2D eigenvalue weighted by atomic mass is 10.2. The molecule has 2 rings (SSSR count). The number of hydrogen-bond acceptors (Lipinski definition) is 4. The smallest absolute Gasteiger partial charge is 0.274 e. The lowest BCUT2D eigenvalue weighted by Gasteiger charge is -2.08. The Labute approximate surface area is 109 Å². The topological polar surface area (TPSA) is 68.1 Å². The number of halogens is 1. The monoisotopic (exact) mass is 263 g/mol. The normalized spacial score (nSPS) is 10.1. The van der Waals surface area contributed by atoms with Crippen molar-refractivity contribution in [2.24, 2.45) is 0 Å². The maximum atomic E-state index is 10.6. The molecule has 0 spiro atoms. The van der Waals surface area contributed by atoms with E-state index in [2.05, 4.69) is 10.3 Å². The van der Waals surface area contributed by atoms with Crippen LogP contribution in [0.25, 0.3) is 0 Å². The Morgan fingerprint density at radius 3 is 2.78 bits per heavy atom. The van der Waals surface area contributed by atoms with Crippen molar-refractivity contribution in [3.05, 3.63) is 57.2 Å². The SMILES string of the molecule is Cc1cc(Cl)ccc1Nc1cc([N+](=O)[O-])ccn1. The Morgan fingerprint density at radius 2 is 2.11 bits per heavy atom. The van der Waals surface area contributed by atoms with Gasteiger partial charge in [-0.25, -0.2) is 4.98 Å². The van der Waals surface area contributed by atoms with E-state index in [9.17, 15) is 10.1 Å². The lowest BCUT2D eigenvalue weighted by molar-refractivity contribution is -0.384. The largest absolute Gasteiger partial charge is 0.340 e. The van der Waals surface area contributed by atoms with Gasteiger partial charge >= 0.3 is 0 Å². The van der Waals surface area contributed by atoms with E-state index in [1.165, 1.54) is 18.3 Å². The van der Waals surface area contributed by atoms with Crippen LogP contribution in [0.4, 0.5) is 17.2 Å². The summed E-state index contributed by atoms with van der Waals surface area (Å²) in [6.45, 7) is 1.89. The van der Waals surface area contributed by atoms with Crippen LogP contribution in [0.5, 0.6) is 0 Å². The van der Waals surface area contributed by atoms with Crippen LogP contribution in [0.1, 0.15) is 5.56 Å². The molecule has 0 aliphatic carbocycles. The number of nitro groups is 1. The van der Waals surface area contributed by atoms with Gasteiger partial charge in [0.15, 0.2) is 0 Å². The van der Waals surface area contributed by atoms with Gasteiger partial charge in [-0.2, -0.15) is 0 Å². The second kappa shape index (κ2) is 5.01. The number of aryl methyl sites for hydroxylation is 1. The van der Waals surface area contributed by atoms with E-state index in [1.54, 1.807) is 18.2 Å². The molecule has 0 unspecified atom stereocenters. The first-order valence-electron chi connectivity index (χ1n) is 5.20. The molecule has 0 saturated carbocycles. The van der Waals surface area contributed by atoms with Crippen LogP contribution in [-0.2, 0) is 0 Å². The van der Waals surface area contributed by atoms with Crippen LogP contribution in [0.3, 0.4) is 0 Å². The summed E-state index contributed by atoms with van der Waals surface area (Å²) in [6, 6.07) is 8.08. The highest BCUT2D eigenvalue weighted by atomic mass is 35.5. The van der Waals surface area contributed by atoms with Crippen molar-refractivity contribution >= 4 is 28.8 Å². The lowest BCUT2D eigenvalue weighted by Crippen LogP contribution is -1.97. The average molecular weight is 264 g/mol. The number of rotatable bonds is 3. The summed E-state index contributed by atoms with van der Waals surface area (Å²) in [4.78, 5) is 14.2. The summed E-state index contributed by atoms with van der Waals surface area (Å²) in [6.07, 6.45) is 1.39. The third kappa shape index (κ3) is 2.75. The van der Waals surface area contributed by atoms with E-state index in [0.29, 0.717) is 10.8 Å². The molecule has 6 heteroatoms. The van der Waals surface area contributed by atoms with Crippen molar-refractivity contribution in [2.45, 2.75) is 6.92 Å². The fraction of sp³-hybridized carbons (Fsp3) is 0.0833. The van der Waals surface area contributed by atoms with Gasteiger partial charge in [0.05, 0.1) is 11.0 Å². The highest BCUT2D eigenvalue weighted by Crippen LogP contribution is 2.24. The Morgan fingerprint density at radius 1 is 1.33 bits per heavy atom. The average Bonchev–Trinajstić information content (AvgIpc) is 2.33. The molecule has 5 nitrogen and oxygen atoms in total. The van der Waals surface area contributed by atoms with E-state index in [0.717, 1.165) is 11.3 Å². The van der Waals surface area contributed by atoms with Gasteiger partial charge in [0.25, 0.3) is 5.69 Å². The van der Waals surface area contributed by atoms with Crippen LogP contribution in [0, 0.1) is 17.0 Å². The number of nitrogens with one attached hydrogen (secondary N) is 1. The fourth-order valence-corrected chi connectivity index (χ4v) is 1.73. The van der Waals surface area contributed by atoms with Gasteiger partial charge in [-0.3, -0.25) is 10.1 Å². The minimum Gasteiger partial charge on any atom is -0.340 e. The van der Waals surface area contributed by atoms with Gasteiger partial charge in [0.1, 0.15) is 5.82 Å². The molecule has 0 radical (unpaired) electrons. The molecule has 0 bridgehead atoms. The number of pyridine rings is 1. The minimum absolute atomic E-state index is 0.000818. The summed E-state index contributed by atoms with van der Waals surface area (Å²) in [5.41, 5.74) is 1.75. The quantitative estimate of drug-likeness (QED) is 0.677. The Hall–Kier alpha value is -2.14. The van der Waals surface area contributed by atoms with Crippen LogP contribution >= 0.6 is 11.6 Å². The van der Waals surface area contributed by atoms with E-state index in [-0.39, 0.29) is 5.69 Å². The number of hydrogen-bond donors (Lipinski definition) is 1. The summed E-state index contributed by atoms with van der Waals surface area (Å²) < 4.78 is 0. The minimum atomic E-state index is -0.457. The molecule has 0 aliphatic rings. The molecule has 1 N–H and O–H groups in total. The Balaban J connectivity index is 2.28. The molecule has 92 valence electrons. The Bertz CT molecular complexity index is 602. The Kier molecular flexibility index (Phi) is 3.43. The summed E-state index contributed by atoms with van der Waals surface area (Å²) in [5.74, 6) is 0.426. The first kappa shape index (κ1) is 12.3. The number of nitrogens with zero attached hydrogens (tertiary/aromatic N) is 2. The molecule has 1 heterocycles. The van der Waals surface area contributed by atoms with E-state index < -0.39 is 4.92 Å². The van der Waals surface area contributed by atoms with Crippen LogP contribution < -0.4 is 5.32 Å². The van der Waals surface area contributed by atoms with Crippen molar-refractivity contribution in [3.8, 4) is 0 Å². The van der Waals surface area contributed by atoms with Crippen molar-refractivity contribution < 1.29 is 4.92 Å². The molecular weight excluding hydrogens is 254 g/mol. The predicted molar refractivity (Wildman–Crippen MR) is 70.4 cm³/mol. The zero-order chi connectivity index (χ0) is 13.1. The highest BCUT2D eigenvalue weighted by Gasteiger charge is 2.07. The third-order valence-corrected chi connectivity index (χ3v) is 2.64. The first-order chi connectivity index (χ1) is 8.56. The number of benzene rings is 1. The van der Waals surface area contributed by atoms with Crippen molar-refractivity contribution in [3.63, 3.8) is 0 Å². The maximum absolute atomic E-state index is 10.6. The van der Waals surface area contributed by atoms with Crippen LogP contribution in [-0.4, -0.2) is 9.91 Å². The summed E-state index contributed by atoms with van der Waals surface area (Å²) in [5, 5.41) is 14.3. The van der Waals surface area contributed by atoms with Gasteiger partial charge in [0.2, 0.25) is 0 Å². The molecule has 0 fully saturated rings. The van der Waals surface area contributed by atoms with Crippen molar-refractivity contribution in [2.75, 3.05) is 5.32 Å². The molecule has 0 aliphatic heterocycles. The van der Waals surface area contributed by atoms with Gasteiger partial charge < -0.3 is 5.32 Å². The molecule has 2 aromatic rings. The molecule has 1 aromatic heterocycles. The molecule has 0 atom stereocenters. The van der Waals surface area contributed by atoms with E-state index >= 15 is 0 Å². The van der Waals surface area contributed by atoms with Gasteiger partial charge in [-0.15, -0.1) is 0 Å². The second-order valence-electron chi connectivity index (χ2n) is 3.74. The zero-order valence-electron chi connectivity index (χ0n) is 9.55. The van der Waals surface area contributed by atoms with Crippen LogP contribution in [0.2, 0.25) is 5.02 Å². The molecule has 1 aromatic carbocycles. The number of aromatic nitrogens is 1. The van der Waals surface area contributed by atoms with E-state index in [4.69, 9.17) is 11.6 Å². The number of anilines is 2. The van der Waals surface area contributed by atoms with Crippen molar-refractivity contribution in [1.82, 2.24) is 4.98 Å². The van der Waals surface area contributed by atoms with Gasteiger partial charge in [-0.05, 0) is 30.7 Å². The summed E-state index contributed by atoms with van der Waals surface area (Å²) in [7, 11) is 0.